The van der Waals surface area contributed by atoms with Crippen molar-refractivity contribution in [2.45, 2.75) is 46.1 Å². The third-order valence-electron chi connectivity index (χ3n) is 4.01. The number of hydrogen-bond acceptors (Lipinski definition) is 4. The van der Waals surface area contributed by atoms with E-state index in [0.717, 1.165) is 23.4 Å². The largest absolute Gasteiger partial charge is 0.353 e. The van der Waals surface area contributed by atoms with E-state index < -0.39 is 0 Å². The highest BCUT2D eigenvalue weighted by molar-refractivity contribution is 5.86. The Bertz CT molecular complexity index is 610. The molecule has 1 atom stereocenters. The van der Waals surface area contributed by atoms with Crippen LogP contribution in [-0.2, 0) is 7.05 Å². The third-order valence-corrected chi connectivity index (χ3v) is 4.01. The molecule has 20 heavy (non-hydrogen) atoms. The molecule has 5 nitrogen and oxygen atoms in total. The maximum Gasteiger partial charge on any atom is 0.163 e. The maximum absolute atomic E-state index is 4.54. The van der Waals surface area contributed by atoms with Gasteiger partial charge in [-0.3, -0.25) is 4.68 Å². The summed E-state index contributed by atoms with van der Waals surface area (Å²) in [6.45, 7) is 8.01. The van der Waals surface area contributed by atoms with Crippen LogP contribution < -0.4 is 4.90 Å². The molecule has 108 valence electrons. The quantitative estimate of drug-likeness (QED) is 0.844. The average molecular weight is 273 g/mol. The van der Waals surface area contributed by atoms with E-state index in [2.05, 4.69) is 40.7 Å². The average Bonchev–Trinajstić information content (AvgIpc) is 2.95. The highest BCUT2D eigenvalue weighted by Gasteiger charge is 2.30. The van der Waals surface area contributed by atoms with Gasteiger partial charge in [0.05, 0.1) is 11.6 Å². The Balaban J connectivity index is 1.97. The molecule has 1 unspecified atom stereocenters. The Morgan fingerprint density at radius 1 is 1.30 bits per heavy atom. The van der Waals surface area contributed by atoms with Crippen LogP contribution in [0.25, 0.3) is 11.0 Å². The number of hydrogen-bond donors (Lipinski definition) is 0. The van der Waals surface area contributed by atoms with Crippen molar-refractivity contribution < 1.29 is 0 Å². The fourth-order valence-corrected chi connectivity index (χ4v) is 3.21. The fraction of sp³-hybridized carbons (Fsp3) is 0.667. The molecule has 0 N–H and O–H groups in total. The summed E-state index contributed by atoms with van der Waals surface area (Å²) in [5.74, 6) is 1.05. The summed E-state index contributed by atoms with van der Waals surface area (Å²) >= 11 is 0. The van der Waals surface area contributed by atoms with Crippen molar-refractivity contribution in [2.24, 2.45) is 12.5 Å². The zero-order valence-electron chi connectivity index (χ0n) is 12.8. The Labute approximate surface area is 120 Å². The predicted octanol–water partition coefficient (Wildman–Crippen LogP) is 2.77. The molecule has 1 saturated heterocycles. The number of aryl methyl sites for hydroxylation is 1. The van der Waals surface area contributed by atoms with Gasteiger partial charge in [0.15, 0.2) is 5.65 Å². The first-order chi connectivity index (χ1) is 9.46. The van der Waals surface area contributed by atoms with Crippen molar-refractivity contribution in [3.63, 3.8) is 0 Å². The van der Waals surface area contributed by atoms with Crippen molar-refractivity contribution in [3.05, 3.63) is 12.5 Å². The van der Waals surface area contributed by atoms with Crippen LogP contribution in [0, 0.1) is 5.41 Å². The summed E-state index contributed by atoms with van der Waals surface area (Å²) in [7, 11) is 1.93. The molecule has 0 aliphatic carbocycles. The molecule has 3 rings (SSSR count). The summed E-state index contributed by atoms with van der Waals surface area (Å²) in [5.41, 5.74) is 1.25. The Morgan fingerprint density at radius 2 is 2.10 bits per heavy atom. The van der Waals surface area contributed by atoms with Crippen LogP contribution in [0.5, 0.6) is 0 Å². The van der Waals surface area contributed by atoms with Gasteiger partial charge >= 0.3 is 0 Å². The number of nitrogens with zero attached hydrogens (tertiary/aromatic N) is 5. The van der Waals surface area contributed by atoms with Crippen LogP contribution >= 0.6 is 0 Å². The van der Waals surface area contributed by atoms with Crippen LogP contribution in [-0.4, -0.2) is 32.3 Å². The molecule has 2 aromatic rings. The lowest BCUT2D eigenvalue weighted by Gasteiger charge is -2.31. The molecule has 5 heteroatoms. The van der Waals surface area contributed by atoms with E-state index in [9.17, 15) is 0 Å². The highest BCUT2D eigenvalue weighted by Crippen LogP contribution is 2.34. The van der Waals surface area contributed by atoms with Crippen LogP contribution in [0.2, 0.25) is 0 Å². The summed E-state index contributed by atoms with van der Waals surface area (Å²) in [5, 5.41) is 5.38. The molecule has 1 aliphatic heterocycles. The van der Waals surface area contributed by atoms with Crippen LogP contribution in [0.4, 0.5) is 5.82 Å². The van der Waals surface area contributed by atoms with Gasteiger partial charge in [-0.15, -0.1) is 0 Å². The summed E-state index contributed by atoms with van der Waals surface area (Å²) in [6.07, 6.45) is 7.23. The Hall–Kier alpha value is -1.65. The molecule has 0 aromatic carbocycles. The minimum atomic E-state index is 0.342. The minimum absolute atomic E-state index is 0.342. The molecule has 3 heterocycles. The first-order valence-corrected chi connectivity index (χ1v) is 7.35. The van der Waals surface area contributed by atoms with Crippen molar-refractivity contribution in [2.75, 3.05) is 11.4 Å². The van der Waals surface area contributed by atoms with E-state index in [1.54, 1.807) is 6.33 Å². The second-order valence-corrected chi connectivity index (χ2v) is 6.96. The van der Waals surface area contributed by atoms with Crippen molar-refractivity contribution >= 4 is 16.9 Å². The molecule has 0 saturated carbocycles. The van der Waals surface area contributed by atoms with Gasteiger partial charge in [0.1, 0.15) is 12.1 Å². The summed E-state index contributed by atoms with van der Waals surface area (Å²) in [4.78, 5) is 11.3. The first-order valence-electron chi connectivity index (χ1n) is 7.35. The van der Waals surface area contributed by atoms with Gasteiger partial charge in [-0.1, -0.05) is 20.8 Å². The topological polar surface area (TPSA) is 46.8 Å². The Kier molecular flexibility index (Phi) is 3.15. The molecule has 2 aromatic heterocycles. The second kappa shape index (κ2) is 4.72. The zero-order chi connectivity index (χ0) is 14.3. The van der Waals surface area contributed by atoms with E-state index in [1.807, 2.05) is 17.9 Å². The third kappa shape index (κ3) is 2.37. The molecular weight excluding hydrogens is 250 g/mol. The molecule has 0 amide bonds. The lowest BCUT2D eigenvalue weighted by atomic mass is 9.87. The van der Waals surface area contributed by atoms with Crippen molar-refractivity contribution in [1.82, 2.24) is 19.7 Å². The molecule has 0 radical (unpaired) electrons. The van der Waals surface area contributed by atoms with Gasteiger partial charge < -0.3 is 4.90 Å². The number of aromatic nitrogens is 4. The fourth-order valence-electron chi connectivity index (χ4n) is 3.21. The van der Waals surface area contributed by atoms with E-state index in [-0.39, 0.29) is 0 Å². The second-order valence-electron chi connectivity index (χ2n) is 6.96. The summed E-state index contributed by atoms with van der Waals surface area (Å²) in [6, 6.07) is 0.577. The van der Waals surface area contributed by atoms with E-state index >= 15 is 0 Å². The highest BCUT2D eigenvalue weighted by atomic mass is 15.3. The van der Waals surface area contributed by atoms with Gasteiger partial charge in [-0.25, -0.2) is 9.97 Å². The van der Waals surface area contributed by atoms with E-state index in [0.29, 0.717) is 11.5 Å². The van der Waals surface area contributed by atoms with Crippen LogP contribution in [0.1, 0.15) is 40.0 Å². The molecular formula is C15H23N5. The first kappa shape index (κ1) is 13.3. The van der Waals surface area contributed by atoms with Crippen LogP contribution in [0.3, 0.4) is 0 Å². The summed E-state index contributed by atoms with van der Waals surface area (Å²) < 4.78 is 1.81. The lowest BCUT2D eigenvalue weighted by Crippen LogP contribution is -2.33. The number of rotatable bonds is 2. The maximum atomic E-state index is 4.54. The van der Waals surface area contributed by atoms with Crippen molar-refractivity contribution in [1.29, 1.82) is 0 Å². The van der Waals surface area contributed by atoms with Gasteiger partial charge in [-0.2, -0.15) is 5.10 Å². The SMILES string of the molecule is Cn1ncc2c(N3CCCC3CC(C)(C)C)ncnc21. The molecule has 1 aliphatic rings. The molecule has 1 fully saturated rings. The monoisotopic (exact) mass is 273 g/mol. The van der Waals surface area contributed by atoms with E-state index in [1.165, 1.54) is 19.3 Å². The van der Waals surface area contributed by atoms with Gasteiger partial charge in [0.2, 0.25) is 0 Å². The van der Waals surface area contributed by atoms with Gasteiger partial charge in [0.25, 0.3) is 0 Å². The zero-order valence-corrected chi connectivity index (χ0v) is 12.8. The predicted molar refractivity (Wildman–Crippen MR) is 80.7 cm³/mol. The molecule has 0 bridgehead atoms. The van der Waals surface area contributed by atoms with Crippen LogP contribution in [0.15, 0.2) is 12.5 Å². The Morgan fingerprint density at radius 3 is 2.85 bits per heavy atom. The lowest BCUT2D eigenvalue weighted by molar-refractivity contribution is 0.339. The standard InChI is InChI=1S/C15H23N5/c1-15(2,3)8-11-6-5-7-20(11)14-12-9-18-19(4)13(12)16-10-17-14/h9-11H,5-8H2,1-4H3. The van der Waals surface area contributed by atoms with Gasteiger partial charge in [-0.05, 0) is 24.7 Å². The smallest absolute Gasteiger partial charge is 0.163 e. The molecule has 0 spiro atoms. The van der Waals surface area contributed by atoms with E-state index in [4.69, 9.17) is 0 Å². The number of anilines is 1. The normalized spacial score (nSPS) is 20.0. The number of fused-ring (bicyclic) bond motifs is 1. The van der Waals surface area contributed by atoms with Crippen molar-refractivity contribution in [3.8, 4) is 0 Å². The van der Waals surface area contributed by atoms with Gasteiger partial charge in [0, 0.05) is 19.6 Å². The minimum Gasteiger partial charge on any atom is -0.353 e.